The van der Waals surface area contributed by atoms with Gasteiger partial charge in [-0.1, -0.05) is 13.0 Å². The van der Waals surface area contributed by atoms with Crippen molar-refractivity contribution in [3.63, 3.8) is 0 Å². The van der Waals surface area contributed by atoms with Gasteiger partial charge < -0.3 is 10.0 Å². The highest BCUT2D eigenvalue weighted by Gasteiger charge is 2.29. The number of benzene rings is 1. The van der Waals surface area contributed by atoms with Crippen LogP contribution in [0.4, 0.5) is 0 Å². The quantitative estimate of drug-likeness (QED) is 0.899. The second-order valence-electron chi connectivity index (χ2n) is 5.88. The molecule has 1 aromatic rings. The van der Waals surface area contributed by atoms with Crippen molar-refractivity contribution >= 4 is 21.7 Å². The molecule has 0 aliphatic carbocycles. The van der Waals surface area contributed by atoms with E-state index < -0.39 is 21.7 Å². The van der Waals surface area contributed by atoms with Crippen molar-refractivity contribution in [1.29, 1.82) is 0 Å². The molecule has 1 fully saturated rings. The fraction of sp³-hybridized carbons (Fsp3) is 0.500. The third kappa shape index (κ3) is 3.90. The van der Waals surface area contributed by atoms with Gasteiger partial charge in [-0.2, -0.15) is 0 Å². The summed E-state index contributed by atoms with van der Waals surface area (Å²) in [5.41, 5.74) is 0.958. The highest BCUT2D eigenvalue weighted by molar-refractivity contribution is 7.90. The number of carboxylic acids is 1. The largest absolute Gasteiger partial charge is 0.481 e. The molecule has 0 radical (unpaired) electrons. The van der Waals surface area contributed by atoms with Crippen molar-refractivity contribution < 1.29 is 23.1 Å². The van der Waals surface area contributed by atoms with E-state index in [-0.39, 0.29) is 22.9 Å². The molecule has 23 heavy (non-hydrogen) atoms. The number of nitrogens with zero attached hydrogens (tertiary/aromatic N) is 1. The maximum Gasteiger partial charge on any atom is 0.308 e. The molecule has 0 saturated carbocycles. The van der Waals surface area contributed by atoms with Crippen molar-refractivity contribution in [2.75, 3.05) is 19.3 Å². The maximum atomic E-state index is 12.6. The molecule has 1 saturated heterocycles. The van der Waals surface area contributed by atoms with Gasteiger partial charge in [0.05, 0.1) is 10.8 Å². The Kier molecular flexibility index (Phi) is 5.09. The van der Waals surface area contributed by atoms with Crippen molar-refractivity contribution in [2.45, 2.75) is 31.1 Å². The molecule has 126 valence electrons. The van der Waals surface area contributed by atoms with E-state index in [1.807, 2.05) is 6.92 Å². The topological polar surface area (TPSA) is 91.8 Å². The molecule has 0 spiro atoms. The van der Waals surface area contributed by atoms with Gasteiger partial charge in [0.25, 0.3) is 5.91 Å². The summed E-state index contributed by atoms with van der Waals surface area (Å²) in [7, 11) is -3.42. The van der Waals surface area contributed by atoms with E-state index in [1.165, 1.54) is 11.0 Å². The normalized spacial score (nSPS) is 18.7. The molecular formula is C16H21NO5S. The van der Waals surface area contributed by atoms with Crippen molar-refractivity contribution in [2.24, 2.45) is 5.92 Å². The van der Waals surface area contributed by atoms with Crippen molar-refractivity contribution in [3.05, 3.63) is 29.3 Å². The summed E-state index contributed by atoms with van der Waals surface area (Å²) in [6.07, 6.45) is 2.87. The third-order valence-corrected chi connectivity index (χ3v) is 5.33. The first-order valence-electron chi connectivity index (χ1n) is 7.59. The predicted molar refractivity (Wildman–Crippen MR) is 85.2 cm³/mol. The summed E-state index contributed by atoms with van der Waals surface area (Å²) in [4.78, 5) is 25.4. The molecule has 1 aliphatic heterocycles. The first kappa shape index (κ1) is 17.5. The van der Waals surface area contributed by atoms with Gasteiger partial charge in [0, 0.05) is 24.9 Å². The van der Waals surface area contributed by atoms with Crippen LogP contribution in [-0.4, -0.2) is 49.6 Å². The number of amides is 1. The Balaban J connectivity index is 2.31. The number of carbonyl (C=O) groups excluding carboxylic acids is 1. The number of carboxylic acid groups (broad SMARTS) is 1. The summed E-state index contributed by atoms with van der Waals surface area (Å²) >= 11 is 0. The van der Waals surface area contributed by atoms with Gasteiger partial charge >= 0.3 is 5.97 Å². The zero-order valence-electron chi connectivity index (χ0n) is 13.3. The summed E-state index contributed by atoms with van der Waals surface area (Å²) < 4.78 is 23.8. The molecule has 1 atom stereocenters. The lowest BCUT2D eigenvalue weighted by Gasteiger charge is -2.31. The Hall–Kier alpha value is -1.89. The molecule has 6 nitrogen and oxygen atoms in total. The average Bonchev–Trinajstić information content (AvgIpc) is 2.52. The summed E-state index contributed by atoms with van der Waals surface area (Å²) in [5, 5.41) is 9.11. The van der Waals surface area contributed by atoms with Crippen LogP contribution in [0.15, 0.2) is 23.1 Å². The van der Waals surface area contributed by atoms with Gasteiger partial charge in [0.15, 0.2) is 9.84 Å². The molecular weight excluding hydrogens is 318 g/mol. The second-order valence-corrected chi connectivity index (χ2v) is 7.86. The molecule has 2 rings (SSSR count). The SMILES string of the molecule is CCc1ccc(C(=O)N2CCCC(C(=O)O)C2)cc1S(C)(=O)=O. The number of aryl methyl sites for hydroxylation is 1. The molecule has 0 aromatic heterocycles. The third-order valence-electron chi connectivity index (χ3n) is 4.15. The Morgan fingerprint density at radius 3 is 2.61 bits per heavy atom. The van der Waals surface area contributed by atoms with Crippen molar-refractivity contribution in [1.82, 2.24) is 4.90 Å². The van der Waals surface area contributed by atoms with Crippen LogP contribution in [0.5, 0.6) is 0 Å². The van der Waals surface area contributed by atoms with Crippen LogP contribution in [0.1, 0.15) is 35.7 Å². The second kappa shape index (κ2) is 6.70. The number of carbonyl (C=O) groups is 2. The smallest absolute Gasteiger partial charge is 0.308 e. The van der Waals surface area contributed by atoms with E-state index in [1.54, 1.807) is 12.1 Å². The summed E-state index contributed by atoms with van der Waals surface area (Å²) in [6, 6.07) is 4.67. The van der Waals surface area contributed by atoms with Crippen LogP contribution in [0.25, 0.3) is 0 Å². The minimum Gasteiger partial charge on any atom is -0.481 e. The van der Waals surface area contributed by atoms with Crippen LogP contribution in [0, 0.1) is 5.92 Å². The Morgan fingerprint density at radius 1 is 1.35 bits per heavy atom. The summed E-state index contributed by atoms with van der Waals surface area (Å²) in [6.45, 7) is 2.51. The lowest BCUT2D eigenvalue weighted by atomic mass is 9.97. The Labute approximate surface area is 136 Å². The number of likely N-dealkylation sites (tertiary alicyclic amines) is 1. The predicted octanol–water partition coefficient (Wildman–Crippen LogP) is 1.59. The lowest BCUT2D eigenvalue weighted by Crippen LogP contribution is -2.42. The number of aliphatic carboxylic acids is 1. The number of hydrogen-bond acceptors (Lipinski definition) is 4. The van der Waals surface area contributed by atoms with Gasteiger partial charge in [-0.15, -0.1) is 0 Å². The van der Waals surface area contributed by atoms with E-state index in [0.29, 0.717) is 31.4 Å². The van der Waals surface area contributed by atoms with E-state index >= 15 is 0 Å². The van der Waals surface area contributed by atoms with Crippen LogP contribution in [0.3, 0.4) is 0 Å². The van der Waals surface area contributed by atoms with E-state index in [2.05, 4.69) is 0 Å². The Morgan fingerprint density at radius 2 is 2.04 bits per heavy atom. The summed E-state index contributed by atoms with van der Waals surface area (Å²) in [5.74, 6) is -1.78. The molecule has 1 unspecified atom stereocenters. The zero-order valence-corrected chi connectivity index (χ0v) is 14.1. The average molecular weight is 339 g/mol. The minimum atomic E-state index is -3.42. The number of rotatable bonds is 4. The molecule has 1 heterocycles. The van der Waals surface area contributed by atoms with E-state index in [0.717, 1.165) is 6.26 Å². The van der Waals surface area contributed by atoms with Crippen LogP contribution in [-0.2, 0) is 21.1 Å². The van der Waals surface area contributed by atoms with Crippen LogP contribution < -0.4 is 0 Å². The molecule has 1 N–H and O–H groups in total. The Bertz CT molecular complexity index is 726. The van der Waals surface area contributed by atoms with Gasteiger partial charge in [0.1, 0.15) is 0 Å². The minimum absolute atomic E-state index is 0.164. The van der Waals surface area contributed by atoms with E-state index in [4.69, 9.17) is 5.11 Å². The first-order chi connectivity index (χ1) is 10.7. The first-order valence-corrected chi connectivity index (χ1v) is 9.48. The van der Waals surface area contributed by atoms with Crippen molar-refractivity contribution in [3.8, 4) is 0 Å². The molecule has 1 amide bonds. The van der Waals surface area contributed by atoms with Crippen LogP contribution >= 0.6 is 0 Å². The highest BCUT2D eigenvalue weighted by Crippen LogP contribution is 2.22. The highest BCUT2D eigenvalue weighted by atomic mass is 32.2. The fourth-order valence-electron chi connectivity index (χ4n) is 2.87. The molecule has 1 aromatic carbocycles. The number of sulfone groups is 1. The van der Waals surface area contributed by atoms with Gasteiger partial charge in [-0.3, -0.25) is 9.59 Å². The molecule has 0 bridgehead atoms. The van der Waals surface area contributed by atoms with E-state index in [9.17, 15) is 18.0 Å². The van der Waals surface area contributed by atoms with Gasteiger partial charge in [-0.25, -0.2) is 8.42 Å². The maximum absolute atomic E-state index is 12.6. The standard InChI is InChI=1S/C16H21NO5S/c1-3-11-6-7-12(9-14(11)23(2,21)22)15(18)17-8-4-5-13(10-17)16(19)20/h6-7,9,13H,3-5,8,10H2,1-2H3,(H,19,20). The molecule has 1 aliphatic rings. The fourth-order valence-corrected chi connectivity index (χ4v) is 3.90. The van der Waals surface area contributed by atoms with Gasteiger partial charge in [0.2, 0.25) is 0 Å². The molecule has 7 heteroatoms. The monoisotopic (exact) mass is 339 g/mol. The lowest BCUT2D eigenvalue weighted by molar-refractivity contribution is -0.143. The number of piperidine rings is 1. The van der Waals surface area contributed by atoms with Gasteiger partial charge in [-0.05, 0) is 37.0 Å². The number of hydrogen-bond donors (Lipinski definition) is 1. The zero-order chi connectivity index (χ0) is 17.2. The van der Waals surface area contributed by atoms with Crippen LogP contribution in [0.2, 0.25) is 0 Å².